The summed E-state index contributed by atoms with van der Waals surface area (Å²) in [6.45, 7) is 3.50. The van der Waals surface area contributed by atoms with Crippen LogP contribution in [0.25, 0.3) is 0 Å². The van der Waals surface area contributed by atoms with Crippen LogP contribution in [-0.2, 0) is 10.5 Å². The molecular formula is C15H14N2O2S2. The maximum Gasteiger partial charge on any atom is 0.339 e. The number of aromatic nitrogens is 1. The third-order valence-corrected chi connectivity index (χ3v) is 4.84. The van der Waals surface area contributed by atoms with Crippen LogP contribution in [0, 0.1) is 18.3 Å². The van der Waals surface area contributed by atoms with Crippen LogP contribution in [0.1, 0.15) is 28.5 Å². The van der Waals surface area contributed by atoms with E-state index in [0.29, 0.717) is 11.3 Å². The first-order chi connectivity index (χ1) is 10.1. The monoisotopic (exact) mass is 318 g/mol. The maximum absolute atomic E-state index is 12.1. The summed E-state index contributed by atoms with van der Waals surface area (Å²) in [4.78, 5) is 16.4. The Morgan fingerprint density at radius 1 is 1.52 bits per heavy atom. The molecule has 21 heavy (non-hydrogen) atoms. The number of nitrogens with zero attached hydrogens (tertiary/aromatic N) is 2. The van der Waals surface area contributed by atoms with Crippen molar-refractivity contribution in [2.45, 2.75) is 30.0 Å². The van der Waals surface area contributed by atoms with Crippen molar-refractivity contribution in [1.82, 2.24) is 4.98 Å². The van der Waals surface area contributed by atoms with Crippen LogP contribution in [0.15, 0.2) is 34.0 Å². The number of thiazole rings is 1. The van der Waals surface area contributed by atoms with Gasteiger partial charge in [-0.3, -0.25) is 0 Å². The normalized spacial score (nSPS) is 11.7. The van der Waals surface area contributed by atoms with Gasteiger partial charge in [0.05, 0.1) is 5.56 Å². The smallest absolute Gasteiger partial charge is 0.339 e. The summed E-state index contributed by atoms with van der Waals surface area (Å²) in [6, 6.07) is 9.17. The van der Waals surface area contributed by atoms with Gasteiger partial charge < -0.3 is 4.74 Å². The Balaban J connectivity index is 2.09. The van der Waals surface area contributed by atoms with E-state index >= 15 is 0 Å². The summed E-state index contributed by atoms with van der Waals surface area (Å²) in [5.41, 5.74) is 2.38. The molecule has 0 aliphatic carbocycles. The number of nitriles is 1. The maximum atomic E-state index is 12.1. The third-order valence-electron chi connectivity index (χ3n) is 2.65. The lowest BCUT2D eigenvalue weighted by Crippen LogP contribution is -2.14. The molecule has 0 bridgehead atoms. The summed E-state index contributed by atoms with van der Waals surface area (Å²) in [6.07, 6.45) is -0.750. The lowest BCUT2D eigenvalue weighted by molar-refractivity contribution is 0.0434. The summed E-state index contributed by atoms with van der Waals surface area (Å²) >= 11 is 3.18. The summed E-state index contributed by atoms with van der Waals surface area (Å²) in [5.74, 6) is 0.176. The van der Waals surface area contributed by atoms with E-state index in [1.807, 2.05) is 30.5 Å². The lowest BCUT2D eigenvalue weighted by atomic mass is 10.1. The number of carbonyl (C=O) groups excluding carboxylic acids is 1. The topological polar surface area (TPSA) is 63.0 Å². The zero-order valence-electron chi connectivity index (χ0n) is 11.7. The van der Waals surface area contributed by atoms with Crippen molar-refractivity contribution in [3.8, 4) is 6.07 Å². The fourth-order valence-electron chi connectivity index (χ4n) is 1.63. The average molecular weight is 318 g/mol. The SMILES string of the molecule is Cc1csc(SCc2ccccc2C(=O)O[C@@H](C)C#N)n1. The second-order valence-corrected chi connectivity index (χ2v) is 6.46. The van der Waals surface area contributed by atoms with Crippen molar-refractivity contribution < 1.29 is 9.53 Å². The first-order valence-electron chi connectivity index (χ1n) is 6.33. The number of rotatable bonds is 5. The molecule has 0 N–H and O–H groups in total. The molecule has 0 fully saturated rings. The number of carbonyl (C=O) groups is 1. The predicted molar refractivity (Wildman–Crippen MR) is 83.3 cm³/mol. The van der Waals surface area contributed by atoms with E-state index in [1.165, 1.54) is 0 Å². The van der Waals surface area contributed by atoms with Gasteiger partial charge in [0.25, 0.3) is 0 Å². The van der Waals surface area contributed by atoms with Crippen LogP contribution >= 0.6 is 23.1 Å². The van der Waals surface area contributed by atoms with Crippen LogP contribution < -0.4 is 0 Å². The molecule has 1 aromatic heterocycles. The number of thioether (sulfide) groups is 1. The van der Waals surface area contributed by atoms with Gasteiger partial charge in [-0.15, -0.1) is 11.3 Å². The highest BCUT2D eigenvalue weighted by Crippen LogP contribution is 2.27. The standard InChI is InChI=1S/C15H14N2O2S2/c1-10-8-20-15(17-10)21-9-12-5-3-4-6-13(12)14(18)19-11(2)7-16/h3-6,8,11H,9H2,1-2H3/t11-/m0/s1. The number of hydrogen-bond acceptors (Lipinski definition) is 6. The molecule has 2 rings (SSSR count). The van der Waals surface area contributed by atoms with Gasteiger partial charge >= 0.3 is 5.97 Å². The molecule has 1 atom stereocenters. The van der Waals surface area contributed by atoms with Gasteiger partial charge in [0.2, 0.25) is 0 Å². The largest absolute Gasteiger partial charge is 0.444 e. The number of benzene rings is 1. The van der Waals surface area contributed by atoms with Crippen molar-refractivity contribution in [3.63, 3.8) is 0 Å². The van der Waals surface area contributed by atoms with E-state index in [2.05, 4.69) is 4.98 Å². The molecule has 1 heterocycles. The number of hydrogen-bond donors (Lipinski definition) is 0. The number of ether oxygens (including phenoxy) is 1. The molecule has 1 aromatic carbocycles. The molecular weight excluding hydrogens is 304 g/mol. The van der Waals surface area contributed by atoms with Gasteiger partial charge in [0.15, 0.2) is 6.10 Å². The molecule has 0 aliphatic rings. The van der Waals surface area contributed by atoms with Crippen LogP contribution in [0.5, 0.6) is 0 Å². The Bertz CT molecular complexity index is 676. The molecule has 0 radical (unpaired) electrons. The molecule has 108 valence electrons. The van der Waals surface area contributed by atoms with Crippen molar-refractivity contribution in [2.24, 2.45) is 0 Å². The third kappa shape index (κ3) is 4.31. The van der Waals surface area contributed by atoms with E-state index in [9.17, 15) is 4.79 Å². The first-order valence-corrected chi connectivity index (χ1v) is 8.20. The summed E-state index contributed by atoms with van der Waals surface area (Å²) in [7, 11) is 0. The van der Waals surface area contributed by atoms with Gasteiger partial charge in [0, 0.05) is 16.8 Å². The fraction of sp³-hybridized carbons (Fsp3) is 0.267. The highest BCUT2D eigenvalue weighted by molar-refractivity contribution is 8.00. The van der Waals surface area contributed by atoms with Gasteiger partial charge in [-0.1, -0.05) is 30.0 Å². The second kappa shape index (κ2) is 7.25. The fourth-order valence-corrected chi connectivity index (χ4v) is 3.49. The van der Waals surface area contributed by atoms with E-state index in [-0.39, 0.29) is 0 Å². The molecule has 2 aromatic rings. The summed E-state index contributed by atoms with van der Waals surface area (Å²) in [5, 5.41) is 10.7. The van der Waals surface area contributed by atoms with Gasteiger partial charge in [-0.05, 0) is 25.5 Å². The minimum Gasteiger partial charge on any atom is -0.444 e. The van der Waals surface area contributed by atoms with E-state index in [0.717, 1.165) is 15.6 Å². The van der Waals surface area contributed by atoms with Gasteiger partial charge in [-0.25, -0.2) is 9.78 Å². The Kier molecular flexibility index (Phi) is 5.37. The van der Waals surface area contributed by atoms with E-state index in [1.54, 1.807) is 42.2 Å². The van der Waals surface area contributed by atoms with Crippen LogP contribution in [0.3, 0.4) is 0 Å². The first kappa shape index (κ1) is 15.5. The van der Waals surface area contributed by atoms with Crippen molar-refractivity contribution in [1.29, 1.82) is 5.26 Å². The Hall–Kier alpha value is -1.84. The molecule has 0 saturated heterocycles. The lowest BCUT2D eigenvalue weighted by Gasteiger charge is -2.09. The van der Waals surface area contributed by atoms with E-state index < -0.39 is 12.1 Å². The number of aryl methyl sites for hydroxylation is 1. The second-order valence-electron chi connectivity index (χ2n) is 4.38. The quantitative estimate of drug-likeness (QED) is 0.619. The molecule has 4 nitrogen and oxygen atoms in total. The molecule has 0 unspecified atom stereocenters. The summed E-state index contributed by atoms with van der Waals surface area (Å²) < 4.78 is 6.03. The molecule has 0 amide bonds. The molecule has 0 spiro atoms. The minimum atomic E-state index is -0.750. The van der Waals surface area contributed by atoms with Crippen molar-refractivity contribution in [2.75, 3.05) is 0 Å². The highest BCUT2D eigenvalue weighted by atomic mass is 32.2. The molecule has 0 saturated carbocycles. The molecule has 6 heteroatoms. The minimum absolute atomic E-state index is 0.462. The van der Waals surface area contributed by atoms with Crippen molar-refractivity contribution in [3.05, 3.63) is 46.5 Å². The Labute approximate surface area is 131 Å². The Morgan fingerprint density at radius 2 is 2.29 bits per heavy atom. The van der Waals surface area contributed by atoms with Gasteiger partial charge in [0.1, 0.15) is 10.4 Å². The average Bonchev–Trinajstić information content (AvgIpc) is 2.90. The zero-order valence-corrected chi connectivity index (χ0v) is 13.3. The van der Waals surface area contributed by atoms with Gasteiger partial charge in [-0.2, -0.15) is 5.26 Å². The van der Waals surface area contributed by atoms with Crippen molar-refractivity contribution >= 4 is 29.1 Å². The van der Waals surface area contributed by atoms with Crippen LogP contribution in [0.4, 0.5) is 0 Å². The highest BCUT2D eigenvalue weighted by Gasteiger charge is 2.15. The van der Waals surface area contributed by atoms with Crippen LogP contribution in [-0.4, -0.2) is 17.1 Å². The van der Waals surface area contributed by atoms with Crippen LogP contribution in [0.2, 0.25) is 0 Å². The zero-order chi connectivity index (χ0) is 15.2. The number of esters is 1. The predicted octanol–water partition coefficient (Wildman–Crippen LogP) is 3.81. The van der Waals surface area contributed by atoms with E-state index in [4.69, 9.17) is 10.00 Å². The Morgan fingerprint density at radius 3 is 2.95 bits per heavy atom. The molecule has 0 aliphatic heterocycles.